The molecule has 0 aliphatic heterocycles. The molecule has 0 radical (unpaired) electrons. The maximum Gasteiger partial charge on any atom is 0.156 e. The van der Waals surface area contributed by atoms with E-state index in [4.69, 9.17) is 4.52 Å². The first-order valence-corrected chi connectivity index (χ1v) is 7.19. The van der Waals surface area contributed by atoms with Gasteiger partial charge in [-0.1, -0.05) is 24.2 Å². The van der Waals surface area contributed by atoms with E-state index in [0.717, 1.165) is 37.6 Å². The molecule has 0 aliphatic carbocycles. The zero-order valence-electron chi connectivity index (χ0n) is 12.5. The number of rotatable bonds is 7. The number of hydrogen-bond acceptors (Lipinski definition) is 4. The number of aryl methyl sites for hydroxylation is 1. The maximum absolute atomic E-state index is 5.41. The lowest BCUT2D eigenvalue weighted by atomic mass is 10.2. The van der Waals surface area contributed by atoms with Gasteiger partial charge in [-0.05, 0) is 38.1 Å². The molecule has 1 heterocycles. The fourth-order valence-corrected chi connectivity index (χ4v) is 2.17. The van der Waals surface area contributed by atoms with Crippen LogP contribution in [-0.2, 0) is 13.1 Å². The van der Waals surface area contributed by atoms with Crippen LogP contribution in [0.1, 0.15) is 30.9 Å². The molecule has 0 unspecified atom stereocenters. The third kappa shape index (κ3) is 3.84. The van der Waals surface area contributed by atoms with Gasteiger partial charge in [-0.3, -0.25) is 0 Å². The van der Waals surface area contributed by atoms with Crippen molar-refractivity contribution in [2.75, 3.05) is 18.0 Å². The molecule has 0 fully saturated rings. The van der Waals surface area contributed by atoms with Crippen LogP contribution in [0.2, 0.25) is 0 Å². The molecule has 0 saturated carbocycles. The molecule has 1 N–H and O–H groups in total. The number of nitrogens with zero attached hydrogens (tertiary/aromatic N) is 2. The zero-order valence-corrected chi connectivity index (χ0v) is 12.5. The second-order valence-corrected chi connectivity index (χ2v) is 4.92. The Morgan fingerprint density at radius 1 is 1.25 bits per heavy atom. The summed E-state index contributed by atoms with van der Waals surface area (Å²) >= 11 is 0. The molecular formula is C16H23N3O. The Hall–Kier alpha value is -1.81. The average molecular weight is 273 g/mol. The van der Waals surface area contributed by atoms with Gasteiger partial charge in [-0.15, -0.1) is 0 Å². The SMILES string of the molecule is CCNCc1cc(CN(CC)c2cccc(C)c2)on1. The third-order valence-corrected chi connectivity index (χ3v) is 3.26. The van der Waals surface area contributed by atoms with Crippen molar-refractivity contribution in [1.29, 1.82) is 0 Å². The highest BCUT2D eigenvalue weighted by Gasteiger charge is 2.10. The van der Waals surface area contributed by atoms with Crippen molar-refractivity contribution in [1.82, 2.24) is 10.5 Å². The summed E-state index contributed by atoms with van der Waals surface area (Å²) in [4.78, 5) is 2.28. The lowest BCUT2D eigenvalue weighted by Crippen LogP contribution is -2.21. The Kier molecular flexibility index (Phi) is 5.18. The van der Waals surface area contributed by atoms with Crippen LogP contribution < -0.4 is 10.2 Å². The molecule has 108 valence electrons. The monoisotopic (exact) mass is 273 g/mol. The number of aromatic nitrogens is 1. The Morgan fingerprint density at radius 2 is 2.10 bits per heavy atom. The minimum Gasteiger partial charge on any atom is -0.364 e. The summed E-state index contributed by atoms with van der Waals surface area (Å²) in [6.07, 6.45) is 0. The van der Waals surface area contributed by atoms with Crippen LogP contribution in [0.4, 0.5) is 5.69 Å². The van der Waals surface area contributed by atoms with Gasteiger partial charge in [0.05, 0.1) is 12.2 Å². The molecule has 0 aliphatic rings. The highest BCUT2D eigenvalue weighted by molar-refractivity contribution is 5.48. The van der Waals surface area contributed by atoms with E-state index in [9.17, 15) is 0 Å². The first-order chi connectivity index (χ1) is 9.72. The van der Waals surface area contributed by atoms with Crippen LogP contribution in [0, 0.1) is 6.92 Å². The van der Waals surface area contributed by atoms with Crippen molar-refractivity contribution >= 4 is 5.69 Å². The third-order valence-electron chi connectivity index (χ3n) is 3.26. The lowest BCUT2D eigenvalue weighted by Gasteiger charge is -2.21. The highest BCUT2D eigenvalue weighted by Crippen LogP contribution is 2.18. The quantitative estimate of drug-likeness (QED) is 0.841. The molecule has 0 bridgehead atoms. The van der Waals surface area contributed by atoms with E-state index < -0.39 is 0 Å². The number of benzene rings is 1. The number of anilines is 1. The summed E-state index contributed by atoms with van der Waals surface area (Å²) < 4.78 is 5.41. The molecule has 0 atom stereocenters. The fraction of sp³-hybridized carbons (Fsp3) is 0.438. The van der Waals surface area contributed by atoms with E-state index in [1.807, 2.05) is 6.07 Å². The molecule has 4 nitrogen and oxygen atoms in total. The van der Waals surface area contributed by atoms with E-state index in [1.165, 1.54) is 11.3 Å². The van der Waals surface area contributed by atoms with Crippen LogP contribution >= 0.6 is 0 Å². The zero-order chi connectivity index (χ0) is 14.4. The van der Waals surface area contributed by atoms with Crippen LogP contribution in [0.5, 0.6) is 0 Å². The van der Waals surface area contributed by atoms with Crippen molar-refractivity contribution in [2.24, 2.45) is 0 Å². The van der Waals surface area contributed by atoms with Gasteiger partial charge < -0.3 is 14.7 Å². The van der Waals surface area contributed by atoms with Gasteiger partial charge in [0.2, 0.25) is 0 Å². The van der Waals surface area contributed by atoms with Crippen molar-refractivity contribution < 1.29 is 4.52 Å². The highest BCUT2D eigenvalue weighted by atomic mass is 16.5. The first-order valence-electron chi connectivity index (χ1n) is 7.19. The summed E-state index contributed by atoms with van der Waals surface area (Å²) in [6, 6.07) is 10.6. The Balaban J connectivity index is 2.04. The van der Waals surface area contributed by atoms with Gasteiger partial charge in [0.1, 0.15) is 0 Å². The van der Waals surface area contributed by atoms with Gasteiger partial charge >= 0.3 is 0 Å². The molecule has 2 rings (SSSR count). The molecule has 20 heavy (non-hydrogen) atoms. The van der Waals surface area contributed by atoms with E-state index in [2.05, 4.69) is 60.4 Å². The van der Waals surface area contributed by atoms with Gasteiger partial charge in [0, 0.05) is 24.8 Å². The van der Waals surface area contributed by atoms with Gasteiger partial charge in [-0.25, -0.2) is 0 Å². The van der Waals surface area contributed by atoms with Crippen molar-refractivity contribution in [3.05, 3.63) is 47.3 Å². The molecule has 4 heteroatoms. The summed E-state index contributed by atoms with van der Waals surface area (Å²) in [5, 5.41) is 7.34. The normalized spacial score (nSPS) is 10.8. The van der Waals surface area contributed by atoms with E-state index in [1.54, 1.807) is 0 Å². The smallest absolute Gasteiger partial charge is 0.156 e. The molecule has 2 aromatic rings. The van der Waals surface area contributed by atoms with Crippen LogP contribution in [0.15, 0.2) is 34.9 Å². The summed E-state index contributed by atoms with van der Waals surface area (Å²) in [7, 11) is 0. The molecule has 0 amide bonds. The second kappa shape index (κ2) is 7.10. The van der Waals surface area contributed by atoms with Crippen molar-refractivity contribution in [3.8, 4) is 0 Å². The first kappa shape index (κ1) is 14.6. The molecule has 0 saturated heterocycles. The minimum absolute atomic E-state index is 0.749. The molecule has 0 spiro atoms. The van der Waals surface area contributed by atoms with E-state index in [0.29, 0.717) is 0 Å². The second-order valence-electron chi connectivity index (χ2n) is 4.92. The van der Waals surface area contributed by atoms with E-state index in [-0.39, 0.29) is 0 Å². The van der Waals surface area contributed by atoms with Gasteiger partial charge in [0.25, 0.3) is 0 Å². The standard InChI is InChI=1S/C16H23N3O/c1-4-17-11-14-10-16(20-18-14)12-19(5-2)15-8-6-7-13(3)9-15/h6-10,17H,4-5,11-12H2,1-3H3. The van der Waals surface area contributed by atoms with E-state index >= 15 is 0 Å². The number of nitrogens with one attached hydrogen (secondary N) is 1. The Bertz CT molecular complexity index is 536. The summed E-state index contributed by atoms with van der Waals surface area (Å²) in [5.74, 6) is 0.904. The largest absolute Gasteiger partial charge is 0.364 e. The van der Waals surface area contributed by atoms with Crippen molar-refractivity contribution in [3.63, 3.8) is 0 Å². The molecular weight excluding hydrogens is 250 g/mol. The fourth-order valence-electron chi connectivity index (χ4n) is 2.17. The Labute approximate surface area is 120 Å². The van der Waals surface area contributed by atoms with Crippen LogP contribution in [0.3, 0.4) is 0 Å². The predicted octanol–water partition coefficient (Wildman–Crippen LogP) is 3.12. The molecule has 1 aromatic carbocycles. The van der Waals surface area contributed by atoms with Crippen LogP contribution in [-0.4, -0.2) is 18.2 Å². The Morgan fingerprint density at radius 3 is 2.80 bits per heavy atom. The minimum atomic E-state index is 0.749. The number of hydrogen-bond donors (Lipinski definition) is 1. The lowest BCUT2D eigenvalue weighted by molar-refractivity contribution is 0.374. The summed E-state index contributed by atoms with van der Waals surface area (Å²) in [5.41, 5.74) is 3.45. The predicted molar refractivity (Wildman–Crippen MR) is 81.8 cm³/mol. The van der Waals surface area contributed by atoms with Crippen LogP contribution in [0.25, 0.3) is 0 Å². The van der Waals surface area contributed by atoms with Gasteiger partial charge in [-0.2, -0.15) is 0 Å². The topological polar surface area (TPSA) is 41.3 Å². The average Bonchev–Trinajstić information content (AvgIpc) is 2.90. The summed E-state index contributed by atoms with van der Waals surface area (Å²) in [6.45, 7) is 9.73. The maximum atomic E-state index is 5.41. The van der Waals surface area contributed by atoms with Crippen molar-refractivity contribution in [2.45, 2.75) is 33.9 Å². The molecule has 1 aromatic heterocycles. The van der Waals surface area contributed by atoms with Gasteiger partial charge in [0.15, 0.2) is 5.76 Å².